The minimum absolute atomic E-state index is 0.00109. The minimum atomic E-state index is -0.349. The number of rotatable bonds is 4. The molecule has 0 unspecified atom stereocenters. The van der Waals surface area contributed by atoms with E-state index in [1.807, 2.05) is 0 Å². The third kappa shape index (κ3) is 2.19. The Bertz CT molecular complexity index is 678. The first-order chi connectivity index (χ1) is 9.49. The molecule has 1 fully saturated rings. The molecule has 1 N–H and O–H groups in total. The van der Waals surface area contributed by atoms with Crippen molar-refractivity contribution in [2.24, 2.45) is 5.92 Å². The van der Waals surface area contributed by atoms with Gasteiger partial charge in [0.25, 0.3) is 5.69 Å². The van der Waals surface area contributed by atoms with Gasteiger partial charge in [-0.25, -0.2) is 0 Å². The average Bonchev–Trinajstić information content (AvgIpc) is 3.23. The van der Waals surface area contributed by atoms with Crippen molar-refractivity contribution >= 4 is 22.1 Å². The van der Waals surface area contributed by atoms with E-state index in [0.717, 1.165) is 11.1 Å². The largest absolute Gasteiger partial charge is 0.379 e. The third-order valence-electron chi connectivity index (χ3n) is 4.05. The fourth-order valence-electron chi connectivity index (χ4n) is 2.70. The van der Waals surface area contributed by atoms with Gasteiger partial charge in [-0.15, -0.1) is 0 Å². The number of hydrogen-bond acceptors (Lipinski definition) is 4. The lowest BCUT2D eigenvalue weighted by atomic mass is 9.97. The summed E-state index contributed by atoms with van der Waals surface area (Å²) in [6.45, 7) is 4.35. The second kappa shape index (κ2) is 4.44. The van der Waals surface area contributed by atoms with Gasteiger partial charge in [-0.2, -0.15) is 0 Å². The van der Waals surface area contributed by atoms with E-state index in [4.69, 9.17) is 0 Å². The van der Waals surface area contributed by atoms with Gasteiger partial charge in [-0.3, -0.25) is 15.1 Å². The number of non-ortho nitro benzene ring substituents is 1. The van der Waals surface area contributed by atoms with Gasteiger partial charge >= 0.3 is 0 Å². The van der Waals surface area contributed by atoms with Crippen LogP contribution in [0.4, 0.5) is 11.4 Å². The van der Waals surface area contributed by atoms with Crippen molar-refractivity contribution in [3.05, 3.63) is 40.7 Å². The molecule has 1 heterocycles. The normalized spacial score (nSPS) is 15.3. The fourth-order valence-corrected chi connectivity index (χ4v) is 2.70. The summed E-state index contributed by atoms with van der Waals surface area (Å²) >= 11 is 0. The highest BCUT2D eigenvalue weighted by atomic mass is 16.6. The van der Waals surface area contributed by atoms with Gasteiger partial charge in [0.2, 0.25) is 0 Å². The number of aromatic nitrogens is 1. The molecule has 0 atom stereocenters. The lowest BCUT2D eigenvalue weighted by molar-refractivity contribution is -0.383. The van der Waals surface area contributed by atoms with Crippen molar-refractivity contribution in [3.63, 3.8) is 0 Å². The monoisotopic (exact) mass is 271 g/mol. The standard InChI is InChI=1S/C15H17N3O2/c1-15(2,10-3-4-10)17-13-5-6-14(18(19)20)11-7-8-16-9-12(11)13/h5-10,17H,3-4H2,1-2H3. The van der Waals surface area contributed by atoms with Crippen molar-refractivity contribution in [2.75, 3.05) is 5.32 Å². The van der Waals surface area contributed by atoms with E-state index in [-0.39, 0.29) is 16.1 Å². The zero-order valence-electron chi connectivity index (χ0n) is 11.6. The Morgan fingerprint density at radius 2 is 2.05 bits per heavy atom. The van der Waals surface area contributed by atoms with Gasteiger partial charge in [-0.1, -0.05) is 0 Å². The summed E-state index contributed by atoms with van der Waals surface area (Å²) in [6.07, 6.45) is 5.76. The van der Waals surface area contributed by atoms with Crippen LogP contribution in [0.3, 0.4) is 0 Å². The number of pyridine rings is 1. The average molecular weight is 271 g/mol. The summed E-state index contributed by atoms with van der Waals surface area (Å²) in [5.74, 6) is 0.671. The predicted molar refractivity (Wildman–Crippen MR) is 78.8 cm³/mol. The Hall–Kier alpha value is -2.17. The smallest absolute Gasteiger partial charge is 0.277 e. The summed E-state index contributed by atoms with van der Waals surface area (Å²) in [5.41, 5.74) is 1.03. The van der Waals surface area contributed by atoms with Crippen molar-refractivity contribution in [2.45, 2.75) is 32.2 Å². The van der Waals surface area contributed by atoms with E-state index >= 15 is 0 Å². The zero-order chi connectivity index (χ0) is 14.3. The van der Waals surface area contributed by atoms with Crippen LogP contribution in [-0.4, -0.2) is 15.4 Å². The highest BCUT2D eigenvalue weighted by Gasteiger charge is 2.37. The highest BCUT2D eigenvalue weighted by Crippen LogP contribution is 2.42. The predicted octanol–water partition coefficient (Wildman–Crippen LogP) is 3.74. The molecule has 0 amide bonds. The van der Waals surface area contributed by atoms with E-state index < -0.39 is 0 Å². The van der Waals surface area contributed by atoms with Crippen molar-refractivity contribution in [1.29, 1.82) is 0 Å². The van der Waals surface area contributed by atoms with E-state index in [1.54, 1.807) is 30.6 Å². The maximum absolute atomic E-state index is 11.1. The summed E-state index contributed by atoms with van der Waals surface area (Å²) in [6, 6.07) is 5.04. The van der Waals surface area contributed by atoms with Crippen LogP contribution < -0.4 is 5.32 Å². The zero-order valence-corrected chi connectivity index (χ0v) is 11.6. The molecular weight excluding hydrogens is 254 g/mol. The number of hydrogen-bond donors (Lipinski definition) is 1. The maximum atomic E-state index is 11.1. The fraction of sp³-hybridized carbons (Fsp3) is 0.400. The molecule has 1 aliphatic rings. The molecule has 104 valence electrons. The summed E-state index contributed by atoms with van der Waals surface area (Å²) < 4.78 is 0. The molecular formula is C15H17N3O2. The number of nitro benzene ring substituents is 1. The summed E-state index contributed by atoms with van der Waals surface area (Å²) in [4.78, 5) is 14.8. The second-order valence-corrected chi connectivity index (χ2v) is 5.93. The number of nitro groups is 1. The Morgan fingerprint density at radius 1 is 1.30 bits per heavy atom. The number of anilines is 1. The lowest BCUT2D eigenvalue weighted by Crippen LogP contribution is -2.33. The van der Waals surface area contributed by atoms with E-state index in [0.29, 0.717) is 11.3 Å². The lowest BCUT2D eigenvalue weighted by Gasteiger charge is -2.28. The molecule has 0 spiro atoms. The van der Waals surface area contributed by atoms with Crippen LogP contribution in [0.5, 0.6) is 0 Å². The first-order valence-electron chi connectivity index (χ1n) is 6.78. The van der Waals surface area contributed by atoms with Crippen LogP contribution in [0.15, 0.2) is 30.6 Å². The molecule has 3 rings (SSSR count). The molecule has 0 radical (unpaired) electrons. The Labute approximate surface area is 117 Å². The topological polar surface area (TPSA) is 68.1 Å². The molecule has 1 aliphatic carbocycles. The van der Waals surface area contributed by atoms with Crippen LogP contribution >= 0.6 is 0 Å². The Morgan fingerprint density at radius 3 is 2.70 bits per heavy atom. The van der Waals surface area contributed by atoms with Crippen LogP contribution in [0.1, 0.15) is 26.7 Å². The molecule has 1 aromatic carbocycles. The Kier molecular flexibility index (Phi) is 2.85. The van der Waals surface area contributed by atoms with Crippen molar-refractivity contribution < 1.29 is 4.92 Å². The van der Waals surface area contributed by atoms with Crippen molar-refractivity contribution in [1.82, 2.24) is 4.98 Å². The molecule has 20 heavy (non-hydrogen) atoms. The van der Waals surface area contributed by atoms with Crippen LogP contribution in [-0.2, 0) is 0 Å². The SMILES string of the molecule is CC(C)(Nc1ccc([N+](=O)[O-])c2ccncc12)C1CC1. The van der Waals surface area contributed by atoms with E-state index in [2.05, 4.69) is 24.1 Å². The van der Waals surface area contributed by atoms with Gasteiger partial charge in [0.15, 0.2) is 0 Å². The highest BCUT2D eigenvalue weighted by molar-refractivity contribution is 5.99. The van der Waals surface area contributed by atoms with Gasteiger partial charge < -0.3 is 5.32 Å². The molecule has 1 aromatic heterocycles. The summed E-state index contributed by atoms with van der Waals surface area (Å²) in [7, 11) is 0. The first kappa shape index (κ1) is 12.8. The van der Waals surface area contributed by atoms with Gasteiger partial charge in [0.05, 0.1) is 10.3 Å². The number of fused-ring (bicyclic) bond motifs is 1. The number of nitrogens with one attached hydrogen (secondary N) is 1. The quantitative estimate of drug-likeness (QED) is 0.679. The number of nitrogens with zero attached hydrogens (tertiary/aromatic N) is 2. The molecule has 5 heteroatoms. The van der Waals surface area contributed by atoms with E-state index in [9.17, 15) is 10.1 Å². The minimum Gasteiger partial charge on any atom is -0.379 e. The molecule has 0 bridgehead atoms. The van der Waals surface area contributed by atoms with Crippen molar-refractivity contribution in [3.8, 4) is 0 Å². The molecule has 0 saturated heterocycles. The molecule has 2 aromatic rings. The third-order valence-corrected chi connectivity index (χ3v) is 4.05. The van der Waals surface area contributed by atoms with Gasteiger partial charge in [-0.05, 0) is 44.7 Å². The van der Waals surface area contributed by atoms with Gasteiger partial charge in [0, 0.05) is 35.1 Å². The summed E-state index contributed by atoms with van der Waals surface area (Å²) in [5, 5.41) is 16.0. The van der Waals surface area contributed by atoms with E-state index in [1.165, 1.54) is 12.8 Å². The van der Waals surface area contributed by atoms with Gasteiger partial charge in [0.1, 0.15) is 0 Å². The van der Waals surface area contributed by atoms with Crippen LogP contribution in [0.2, 0.25) is 0 Å². The van der Waals surface area contributed by atoms with Crippen LogP contribution in [0, 0.1) is 16.0 Å². The van der Waals surface area contributed by atoms with Crippen LogP contribution in [0.25, 0.3) is 10.8 Å². The molecule has 0 aliphatic heterocycles. The number of benzene rings is 1. The second-order valence-electron chi connectivity index (χ2n) is 5.93. The molecule has 1 saturated carbocycles. The maximum Gasteiger partial charge on any atom is 0.277 e. The first-order valence-corrected chi connectivity index (χ1v) is 6.78. The Balaban J connectivity index is 2.08. The molecule has 5 nitrogen and oxygen atoms in total.